The molecular weight excluding hydrogens is 361 g/mol. The van der Waals surface area contributed by atoms with Crippen LogP contribution in [0.4, 0.5) is 4.39 Å². The maximum absolute atomic E-state index is 14.3. The Kier molecular flexibility index (Phi) is 5.25. The van der Waals surface area contributed by atoms with Gasteiger partial charge in [-0.3, -0.25) is 4.79 Å². The average molecular weight is 383 g/mol. The number of benzene rings is 1. The first-order valence-corrected chi connectivity index (χ1v) is 9.35. The van der Waals surface area contributed by atoms with E-state index < -0.39 is 0 Å². The second kappa shape index (κ2) is 7.98. The molecule has 1 aliphatic carbocycles. The summed E-state index contributed by atoms with van der Waals surface area (Å²) < 4.78 is 26.5. The zero-order chi connectivity index (χ0) is 19.5. The van der Waals surface area contributed by atoms with Crippen molar-refractivity contribution in [3.8, 4) is 5.69 Å². The van der Waals surface area contributed by atoms with Gasteiger partial charge >= 0.3 is 0 Å². The Morgan fingerprint density at radius 3 is 2.89 bits per heavy atom. The molecule has 0 aliphatic heterocycles. The molecule has 0 fully saturated rings. The highest BCUT2D eigenvalue weighted by Crippen LogP contribution is 2.29. The fourth-order valence-corrected chi connectivity index (χ4v) is 3.63. The molecule has 0 saturated heterocycles. The molecule has 3 aromatic rings. The average Bonchev–Trinajstić information content (AvgIpc) is 3.43. The number of aromatic nitrogens is 2. The molecule has 4 rings (SSSR count). The minimum atomic E-state index is -0.356. The minimum absolute atomic E-state index is 0.193. The van der Waals surface area contributed by atoms with E-state index in [1.807, 2.05) is 6.07 Å². The number of para-hydroxylation sites is 1. The van der Waals surface area contributed by atoms with Gasteiger partial charge in [0.15, 0.2) is 5.69 Å². The van der Waals surface area contributed by atoms with Gasteiger partial charge in [0.25, 0.3) is 5.91 Å². The largest absolute Gasteiger partial charge is 0.467 e. The van der Waals surface area contributed by atoms with Crippen molar-refractivity contribution >= 4 is 5.91 Å². The smallest absolute Gasteiger partial charge is 0.275 e. The van der Waals surface area contributed by atoms with Crippen molar-refractivity contribution in [3.05, 3.63) is 71.2 Å². The predicted molar refractivity (Wildman–Crippen MR) is 101 cm³/mol. The van der Waals surface area contributed by atoms with E-state index in [0.717, 1.165) is 30.5 Å². The summed E-state index contributed by atoms with van der Waals surface area (Å²) in [6.07, 6.45) is 4.06. The molecule has 0 unspecified atom stereocenters. The monoisotopic (exact) mass is 383 g/mol. The van der Waals surface area contributed by atoms with Gasteiger partial charge in [-0.05, 0) is 43.5 Å². The van der Waals surface area contributed by atoms with E-state index in [-0.39, 0.29) is 11.7 Å². The van der Waals surface area contributed by atoms with Gasteiger partial charge in [0.1, 0.15) is 17.3 Å². The normalized spacial score (nSPS) is 12.9. The Morgan fingerprint density at radius 1 is 1.29 bits per heavy atom. The highest BCUT2D eigenvalue weighted by molar-refractivity contribution is 5.94. The second-order valence-electron chi connectivity index (χ2n) is 6.79. The number of hydrogen-bond acceptors (Lipinski definition) is 4. The van der Waals surface area contributed by atoms with Crippen LogP contribution in [0.5, 0.6) is 0 Å². The van der Waals surface area contributed by atoms with Crippen molar-refractivity contribution in [1.29, 1.82) is 0 Å². The van der Waals surface area contributed by atoms with E-state index in [9.17, 15) is 9.18 Å². The Hall–Kier alpha value is -2.93. The lowest BCUT2D eigenvalue weighted by molar-refractivity contribution is 0.0659. The lowest BCUT2D eigenvalue weighted by Gasteiger charge is -2.20. The van der Waals surface area contributed by atoms with Gasteiger partial charge in [-0.15, -0.1) is 0 Å². The van der Waals surface area contributed by atoms with Gasteiger partial charge < -0.3 is 14.1 Å². The van der Waals surface area contributed by atoms with Gasteiger partial charge in [-0.2, -0.15) is 5.10 Å². The highest BCUT2D eigenvalue weighted by Gasteiger charge is 2.30. The van der Waals surface area contributed by atoms with Crippen molar-refractivity contribution in [2.75, 3.05) is 20.3 Å². The molecule has 0 N–H and O–H groups in total. The number of ether oxygens (including phenoxy) is 1. The van der Waals surface area contributed by atoms with Crippen molar-refractivity contribution in [2.45, 2.75) is 25.8 Å². The van der Waals surface area contributed by atoms with Crippen LogP contribution in [0.15, 0.2) is 47.1 Å². The lowest BCUT2D eigenvalue weighted by Crippen LogP contribution is -2.34. The summed E-state index contributed by atoms with van der Waals surface area (Å²) in [6.45, 7) is 1.15. The zero-order valence-electron chi connectivity index (χ0n) is 15.7. The van der Waals surface area contributed by atoms with Crippen molar-refractivity contribution in [2.24, 2.45) is 0 Å². The number of carbonyl (C=O) groups is 1. The third-order valence-electron chi connectivity index (χ3n) is 4.99. The Labute approximate surface area is 162 Å². The fraction of sp³-hybridized carbons (Fsp3) is 0.333. The molecule has 6 nitrogen and oxygen atoms in total. The van der Waals surface area contributed by atoms with E-state index in [1.165, 1.54) is 6.07 Å². The molecule has 1 aliphatic rings. The SMILES string of the molecule is COCCN(Cc1ccco1)C(=O)c1nn(-c2ccccc2F)c2c1CCC2. The topological polar surface area (TPSA) is 60.5 Å². The van der Waals surface area contributed by atoms with Crippen LogP contribution in [0.2, 0.25) is 0 Å². The number of rotatable bonds is 7. The quantitative estimate of drug-likeness (QED) is 0.628. The number of furan rings is 1. The molecule has 28 heavy (non-hydrogen) atoms. The predicted octanol–water partition coefficient (Wildman–Crippen LogP) is 3.38. The van der Waals surface area contributed by atoms with E-state index in [1.54, 1.807) is 47.2 Å². The van der Waals surface area contributed by atoms with E-state index in [2.05, 4.69) is 5.10 Å². The fourth-order valence-electron chi connectivity index (χ4n) is 3.63. The molecule has 2 heterocycles. The molecule has 0 atom stereocenters. The number of amides is 1. The Balaban J connectivity index is 1.70. The van der Waals surface area contributed by atoms with E-state index in [0.29, 0.717) is 36.8 Å². The molecule has 0 spiro atoms. The molecule has 0 bridgehead atoms. The zero-order valence-corrected chi connectivity index (χ0v) is 15.7. The number of halogens is 1. The number of fused-ring (bicyclic) bond motifs is 1. The summed E-state index contributed by atoms with van der Waals surface area (Å²) in [6, 6.07) is 10.1. The van der Waals surface area contributed by atoms with Gasteiger partial charge in [-0.1, -0.05) is 12.1 Å². The number of nitrogens with zero attached hydrogens (tertiary/aromatic N) is 3. The molecule has 1 aromatic carbocycles. The van der Waals surface area contributed by atoms with Crippen LogP contribution in [0.25, 0.3) is 5.69 Å². The number of hydrogen-bond donors (Lipinski definition) is 0. The molecule has 1 amide bonds. The van der Waals surface area contributed by atoms with Crippen LogP contribution in [0.3, 0.4) is 0 Å². The maximum Gasteiger partial charge on any atom is 0.275 e. The maximum atomic E-state index is 14.3. The van der Waals surface area contributed by atoms with Gasteiger partial charge in [0, 0.05) is 24.9 Å². The van der Waals surface area contributed by atoms with Crippen LogP contribution < -0.4 is 0 Å². The summed E-state index contributed by atoms with van der Waals surface area (Å²) >= 11 is 0. The van der Waals surface area contributed by atoms with E-state index in [4.69, 9.17) is 9.15 Å². The van der Waals surface area contributed by atoms with Crippen LogP contribution in [0.1, 0.15) is 33.9 Å². The van der Waals surface area contributed by atoms with Crippen LogP contribution >= 0.6 is 0 Å². The van der Waals surface area contributed by atoms with Gasteiger partial charge in [0.2, 0.25) is 0 Å². The molecule has 0 saturated carbocycles. The lowest BCUT2D eigenvalue weighted by atomic mass is 10.1. The minimum Gasteiger partial charge on any atom is -0.467 e. The van der Waals surface area contributed by atoms with Crippen molar-refractivity contribution in [1.82, 2.24) is 14.7 Å². The molecule has 146 valence electrons. The third kappa shape index (κ3) is 3.45. The first kappa shape index (κ1) is 18.4. The van der Waals surface area contributed by atoms with Crippen LogP contribution in [-0.2, 0) is 24.1 Å². The standard InChI is InChI=1S/C21H22FN3O3/c1-27-13-11-24(14-15-6-5-12-28-15)21(26)20-16-7-4-10-18(16)25(23-20)19-9-3-2-8-17(19)22/h2-3,5-6,8-9,12H,4,7,10-11,13-14H2,1H3. The highest BCUT2D eigenvalue weighted by atomic mass is 19.1. The van der Waals surface area contributed by atoms with Gasteiger partial charge in [-0.25, -0.2) is 9.07 Å². The Bertz CT molecular complexity index is 965. The molecule has 0 radical (unpaired) electrons. The van der Waals surface area contributed by atoms with Crippen molar-refractivity contribution < 1.29 is 18.3 Å². The van der Waals surface area contributed by atoms with Crippen molar-refractivity contribution in [3.63, 3.8) is 0 Å². The number of carbonyl (C=O) groups excluding carboxylic acids is 1. The third-order valence-corrected chi connectivity index (χ3v) is 4.99. The summed E-state index contributed by atoms with van der Waals surface area (Å²) in [5.74, 6) is 0.141. The molecule has 7 heteroatoms. The Morgan fingerprint density at radius 2 is 2.14 bits per heavy atom. The molecular formula is C21H22FN3O3. The van der Waals surface area contributed by atoms with E-state index >= 15 is 0 Å². The first-order valence-electron chi connectivity index (χ1n) is 9.35. The summed E-state index contributed by atoms with van der Waals surface area (Å²) in [7, 11) is 1.60. The summed E-state index contributed by atoms with van der Waals surface area (Å²) in [5, 5.41) is 4.54. The first-order chi connectivity index (χ1) is 13.7. The summed E-state index contributed by atoms with van der Waals surface area (Å²) in [4.78, 5) is 15.0. The van der Waals surface area contributed by atoms with Gasteiger partial charge in [0.05, 0.1) is 19.4 Å². The summed E-state index contributed by atoms with van der Waals surface area (Å²) in [5.41, 5.74) is 2.58. The van der Waals surface area contributed by atoms with Crippen LogP contribution in [-0.4, -0.2) is 40.8 Å². The van der Waals surface area contributed by atoms with Crippen LogP contribution in [0, 0.1) is 5.82 Å². The second-order valence-corrected chi connectivity index (χ2v) is 6.79. The molecule has 2 aromatic heterocycles. The number of methoxy groups -OCH3 is 1.